The van der Waals surface area contributed by atoms with Crippen LogP contribution in [0.3, 0.4) is 0 Å². The molecule has 32 heavy (non-hydrogen) atoms. The van der Waals surface area contributed by atoms with Crippen LogP contribution in [-0.2, 0) is 5.41 Å². The number of aromatic hydroxyl groups is 4. The van der Waals surface area contributed by atoms with Crippen LogP contribution < -0.4 is 0 Å². The molecule has 0 radical (unpaired) electrons. The highest BCUT2D eigenvalue weighted by molar-refractivity contribution is 7.99. The summed E-state index contributed by atoms with van der Waals surface area (Å²) in [6, 6.07) is 28.5. The predicted molar refractivity (Wildman–Crippen MR) is 129 cm³/mol. The van der Waals surface area contributed by atoms with Gasteiger partial charge in [0.25, 0.3) is 0 Å². The molecule has 0 spiro atoms. The third kappa shape index (κ3) is 6.22. The van der Waals surface area contributed by atoms with E-state index in [-0.39, 0.29) is 28.4 Å². The van der Waals surface area contributed by atoms with Gasteiger partial charge in [-0.25, -0.2) is 0 Å². The minimum atomic E-state index is -0.151. The van der Waals surface area contributed by atoms with E-state index >= 15 is 0 Å². The van der Waals surface area contributed by atoms with E-state index in [0.717, 1.165) is 20.9 Å². The molecule has 0 heterocycles. The molecule has 0 amide bonds. The summed E-state index contributed by atoms with van der Waals surface area (Å²) in [7, 11) is 0. The standard InChI is InChI=1S/C15H16O2.C12H10O2S/c1-15(2,11-3-7-13(16)8-4-11)12-5-9-14(17)10-6-12;13-9-1-5-11(6-2-9)15-12-7-3-10(14)4-8-12/h3-10,16-17H,1-2H3;1-8,13-14H. The normalized spacial score (nSPS) is 10.8. The smallest absolute Gasteiger partial charge is 0.115 e. The molecule has 4 N–H and O–H groups in total. The first-order valence-electron chi connectivity index (χ1n) is 10.1. The molecule has 0 atom stereocenters. The van der Waals surface area contributed by atoms with Crippen molar-refractivity contribution in [3.8, 4) is 23.0 Å². The summed E-state index contributed by atoms with van der Waals surface area (Å²) < 4.78 is 0. The van der Waals surface area contributed by atoms with Crippen molar-refractivity contribution in [2.45, 2.75) is 29.1 Å². The van der Waals surface area contributed by atoms with Crippen LogP contribution in [0, 0.1) is 0 Å². The molecule has 0 bridgehead atoms. The number of phenolic OH excluding ortho intramolecular Hbond substituents is 4. The maximum Gasteiger partial charge on any atom is 0.115 e. The maximum absolute atomic E-state index is 9.30. The van der Waals surface area contributed by atoms with Crippen LogP contribution in [0.15, 0.2) is 107 Å². The minimum Gasteiger partial charge on any atom is -0.508 e. The third-order valence-electron chi connectivity index (χ3n) is 5.09. The van der Waals surface area contributed by atoms with Gasteiger partial charge in [-0.05, 0) is 83.9 Å². The van der Waals surface area contributed by atoms with Gasteiger partial charge in [0.05, 0.1) is 0 Å². The third-order valence-corrected chi connectivity index (χ3v) is 6.10. The second-order valence-electron chi connectivity index (χ2n) is 7.81. The van der Waals surface area contributed by atoms with Gasteiger partial charge in [0, 0.05) is 15.2 Å². The van der Waals surface area contributed by atoms with Gasteiger partial charge in [-0.2, -0.15) is 0 Å². The largest absolute Gasteiger partial charge is 0.508 e. The molecule has 0 aromatic heterocycles. The lowest BCUT2D eigenvalue weighted by atomic mass is 9.78. The Kier molecular flexibility index (Phi) is 7.33. The quantitative estimate of drug-likeness (QED) is 0.281. The summed E-state index contributed by atoms with van der Waals surface area (Å²) in [4.78, 5) is 2.11. The molecule has 0 fully saturated rings. The van der Waals surface area contributed by atoms with Crippen molar-refractivity contribution in [3.05, 3.63) is 108 Å². The second kappa shape index (κ2) is 10.2. The van der Waals surface area contributed by atoms with Gasteiger partial charge in [0.15, 0.2) is 0 Å². The second-order valence-corrected chi connectivity index (χ2v) is 8.96. The Morgan fingerprint density at radius 3 is 0.969 bits per heavy atom. The first kappa shape index (κ1) is 23.1. The van der Waals surface area contributed by atoms with Crippen molar-refractivity contribution >= 4 is 11.8 Å². The van der Waals surface area contributed by atoms with Crippen molar-refractivity contribution in [3.63, 3.8) is 0 Å². The van der Waals surface area contributed by atoms with Gasteiger partial charge in [0.2, 0.25) is 0 Å². The van der Waals surface area contributed by atoms with E-state index in [9.17, 15) is 10.2 Å². The van der Waals surface area contributed by atoms with E-state index < -0.39 is 0 Å². The van der Waals surface area contributed by atoms with Crippen molar-refractivity contribution in [2.24, 2.45) is 0 Å². The van der Waals surface area contributed by atoms with Gasteiger partial charge >= 0.3 is 0 Å². The molecule has 4 nitrogen and oxygen atoms in total. The lowest BCUT2D eigenvalue weighted by Crippen LogP contribution is -2.18. The van der Waals surface area contributed by atoms with E-state index in [1.54, 1.807) is 60.3 Å². The number of benzene rings is 4. The van der Waals surface area contributed by atoms with E-state index in [4.69, 9.17) is 10.2 Å². The van der Waals surface area contributed by atoms with Gasteiger partial charge < -0.3 is 20.4 Å². The average molecular weight is 447 g/mol. The molecule has 0 aliphatic heterocycles. The van der Waals surface area contributed by atoms with Crippen molar-refractivity contribution in [1.29, 1.82) is 0 Å². The number of hydrogen-bond donors (Lipinski definition) is 4. The van der Waals surface area contributed by atoms with Crippen molar-refractivity contribution < 1.29 is 20.4 Å². The highest BCUT2D eigenvalue weighted by atomic mass is 32.2. The summed E-state index contributed by atoms with van der Waals surface area (Å²) in [6.45, 7) is 4.23. The zero-order chi connectivity index (χ0) is 23.1. The molecule has 4 aromatic rings. The van der Waals surface area contributed by atoms with Crippen LogP contribution in [-0.4, -0.2) is 20.4 Å². The topological polar surface area (TPSA) is 80.9 Å². The average Bonchev–Trinajstić information content (AvgIpc) is 2.78. The zero-order valence-electron chi connectivity index (χ0n) is 17.9. The van der Waals surface area contributed by atoms with Gasteiger partial charge in [0.1, 0.15) is 23.0 Å². The van der Waals surface area contributed by atoms with Crippen LogP contribution >= 0.6 is 11.8 Å². The monoisotopic (exact) mass is 446 g/mol. The van der Waals surface area contributed by atoms with E-state index in [1.165, 1.54) is 0 Å². The summed E-state index contributed by atoms with van der Waals surface area (Å²) >= 11 is 1.58. The fourth-order valence-electron chi connectivity index (χ4n) is 3.09. The van der Waals surface area contributed by atoms with Crippen molar-refractivity contribution in [1.82, 2.24) is 0 Å². The number of phenols is 4. The van der Waals surface area contributed by atoms with E-state index in [1.807, 2.05) is 48.5 Å². The van der Waals surface area contributed by atoms with Gasteiger partial charge in [-0.3, -0.25) is 0 Å². The Hall–Kier alpha value is -3.57. The summed E-state index contributed by atoms with van der Waals surface area (Å²) in [6.07, 6.45) is 0. The summed E-state index contributed by atoms with van der Waals surface area (Å²) in [5.41, 5.74) is 2.10. The molecule has 0 saturated heterocycles. The molecule has 0 saturated carbocycles. The molecule has 0 aliphatic rings. The Bertz CT molecular complexity index is 1030. The van der Waals surface area contributed by atoms with Crippen LogP contribution in [0.4, 0.5) is 0 Å². The molecule has 5 heteroatoms. The minimum absolute atomic E-state index is 0.151. The Labute approximate surface area is 192 Å². The molecular formula is C27H26O4S. The van der Waals surface area contributed by atoms with E-state index in [2.05, 4.69) is 13.8 Å². The van der Waals surface area contributed by atoms with Crippen LogP contribution in [0.2, 0.25) is 0 Å². The lowest BCUT2D eigenvalue weighted by Gasteiger charge is -2.26. The van der Waals surface area contributed by atoms with Crippen LogP contribution in [0.1, 0.15) is 25.0 Å². The van der Waals surface area contributed by atoms with Crippen molar-refractivity contribution in [2.75, 3.05) is 0 Å². The van der Waals surface area contributed by atoms with Gasteiger partial charge in [-0.1, -0.05) is 49.9 Å². The highest BCUT2D eigenvalue weighted by Crippen LogP contribution is 2.33. The molecule has 164 valence electrons. The summed E-state index contributed by atoms with van der Waals surface area (Å²) in [5, 5.41) is 36.8. The Balaban J connectivity index is 0.000000182. The first-order chi connectivity index (χ1) is 15.2. The van der Waals surface area contributed by atoms with E-state index in [0.29, 0.717) is 0 Å². The molecule has 4 aromatic carbocycles. The predicted octanol–water partition coefficient (Wildman–Crippen LogP) is 6.67. The zero-order valence-corrected chi connectivity index (χ0v) is 18.8. The molecular weight excluding hydrogens is 420 g/mol. The van der Waals surface area contributed by atoms with Gasteiger partial charge in [-0.15, -0.1) is 0 Å². The maximum atomic E-state index is 9.30. The fraction of sp³-hybridized carbons (Fsp3) is 0.111. The molecule has 0 unspecified atom stereocenters. The first-order valence-corrected chi connectivity index (χ1v) is 10.9. The van der Waals surface area contributed by atoms with Crippen LogP contribution in [0.5, 0.6) is 23.0 Å². The number of hydrogen-bond acceptors (Lipinski definition) is 5. The molecule has 4 rings (SSSR count). The Morgan fingerprint density at radius 1 is 0.438 bits per heavy atom. The SMILES string of the molecule is CC(C)(c1ccc(O)cc1)c1ccc(O)cc1.Oc1ccc(Sc2ccc(O)cc2)cc1. The fourth-order valence-corrected chi connectivity index (χ4v) is 3.90. The Morgan fingerprint density at radius 2 is 0.688 bits per heavy atom. The molecule has 0 aliphatic carbocycles. The van der Waals surface area contributed by atoms with Crippen LogP contribution in [0.25, 0.3) is 0 Å². The number of rotatable bonds is 4. The highest BCUT2D eigenvalue weighted by Gasteiger charge is 2.22. The summed E-state index contributed by atoms with van der Waals surface area (Å²) in [5.74, 6) is 1.08. The lowest BCUT2D eigenvalue weighted by molar-refractivity contribution is 0.473.